The first-order valence-electron chi connectivity index (χ1n) is 4.94. The number of aromatic carboxylic acids is 1. The van der Waals surface area contributed by atoms with Crippen LogP contribution in [-0.2, 0) is 0 Å². The van der Waals surface area contributed by atoms with Gasteiger partial charge in [-0.1, -0.05) is 11.6 Å². The van der Waals surface area contributed by atoms with Crippen LogP contribution in [0, 0.1) is 0 Å². The fourth-order valence-corrected chi connectivity index (χ4v) is 1.51. The Kier molecular flexibility index (Phi) is 4.34. The van der Waals surface area contributed by atoms with Crippen LogP contribution >= 0.6 is 11.6 Å². The number of carbonyl (C=O) groups is 1. The number of nitrogens with one attached hydrogen (secondary N) is 1. The zero-order valence-corrected chi connectivity index (χ0v) is 10.0. The summed E-state index contributed by atoms with van der Waals surface area (Å²) in [6.07, 6.45) is 0. The van der Waals surface area contributed by atoms with Crippen molar-refractivity contribution in [3.8, 4) is 0 Å². The molecule has 0 unspecified atom stereocenters. The predicted octanol–water partition coefficient (Wildman–Crippen LogP) is 1.19. The molecule has 0 aliphatic heterocycles. The molecule has 5 nitrogen and oxygen atoms in total. The second-order valence-electron chi connectivity index (χ2n) is 4.00. The number of benzene rings is 1. The fourth-order valence-electron chi connectivity index (χ4n) is 1.24. The number of carboxylic acid groups (broad SMARTS) is 1. The maximum atomic E-state index is 10.7. The van der Waals surface area contributed by atoms with Crippen molar-refractivity contribution in [2.24, 2.45) is 0 Å². The van der Waals surface area contributed by atoms with Crippen molar-refractivity contribution >= 4 is 23.3 Å². The van der Waals surface area contributed by atoms with Crippen molar-refractivity contribution < 1.29 is 20.1 Å². The summed E-state index contributed by atoms with van der Waals surface area (Å²) in [5, 5.41) is 30.0. The molecule has 0 amide bonds. The molecule has 0 spiro atoms. The smallest absolute Gasteiger partial charge is 0.337 e. The first-order chi connectivity index (χ1) is 7.91. The van der Waals surface area contributed by atoms with Crippen LogP contribution in [0.3, 0.4) is 0 Å². The van der Waals surface area contributed by atoms with Crippen molar-refractivity contribution in [1.29, 1.82) is 0 Å². The van der Waals surface area contributed by atoms with Crippen LogP contribution in [0.4, 0.5) is 5.69 Å². The van der Waals surface area contributed by atoms with E-state index in [0.29, 0.717) is 5.69 Å². The van der Waals surface area contributed by atoms with Crippen LogP contribution in [-0.4, -0.2) is 40.0 Å². The number of carboxylic acids is 1. The minimum atomic E-state index is -1.10. The molecular formula is C11H14ClNO4. The van der Waals surface area contributed by atoms with Crippen molar-refractivity contribution in [2.75, 3.05) is 18.5 Å². The third-order valence-corrected chi connectivity index (χ3v) is 2.66. The van der Waals surface area contributed by atoms with Gasteiger partial charge in [-0.05, 0) is 25.1 Å². The molecule has 6 heteroatoms. The van der Waals surface area contributed by atoms with Gasteiger partial charge in [-0.2, -0.15) is 0 Å². The van der Waals surface area contributed by atoms with Crippen LogP contribution in [0.15, 0.2) is 18.2 Å². The molecule has 0 fully saturated rings. The van der Waals surface area contributed by atoms with Crippen LogP contribution in [0.25, 0.3) is 0 Å². The normalized spacial score (nSPS) is 11.3. The van der Waals surface area contributed by atoms with Gasteiger partial charge in [0.05, 0.1) is 29.3 Å². The van der Waals surface area contributed by atoms with Gasteiger partial charge in [-0.3, -0.25) is 0 Å². The Labute approximate surface area is 104 Å². The lowest BCUT2D eigenvalue weighted by Gasteiger charge is -2.27. The van der Waals surface area contributed by atoms with Gasteiger partial charge in [0.1, 0.15) is 0 Å². The maximum Gasteiger partial charge on any atom is 0.337 e. The van der Waals surface area contributed by atoms with E-state index in [4.69, 9.17) is 26.9 Å². The molecule has 0 saturated heterocycles. The summed E-state index contributed by atoms with van der Waals surface area (Å²) in [5.41, 5.74) is -0.342. The van der Waals surface area contributed by atoms with E-state index in [9.17, 15) is 4.79 Å². The van der Waals surface area contributed by atoms with E-state index in [1.54, 1.807) is 6.92 Å². The van der Waals surface area contributed by atoms with E-state index in [1.807, 2.05) is 0 Å². The third kappa shape index (κ3) is 3.33. The number of rotatable bonds is 5. The Morgan fingerprint density at radius 2 is 2.00 bits per heavy atom. The van der Waals surface area contributed by atoms with Crippen molar-refractivity contribution in [1.82, 2.24) is 0 Å². The molecule has 1 rings (SSSR count). The molecule has 0 heterocycles. The van der Waals surface area contributed by atoms with Crippen LogP contribution in [0.5, 0.6) is 0 Å². The SMILES string of the molecule is CC(CO)(CO)Nc1ccc(C(=O)O)c(Cl)c1. The quantitative estimate of drug-likeness (QED) is 0.638. The summed E-state index contributed by atoms with van der Waals surface area (Å²) in [6.45, 7) is 1.11. The van der Waals surface area contributed by atoms with E-state index < -0.39 is 11.5 Å². The average molecular weight is 260 g/mol. The molecule has 0 aliphatic carbocycles. The molecule has 4 N–H and O–H groups in total. The third-order valence-electron chi connectivity index (χ3n) is 2.34. The largest absolute Gasteiger partial charge is 0.478 e. The second kappa shape index (κ2) is 5.35. The zero-order chi connectivity index (χ0) is 13.1. The number of hydrogen-bond donors (Lipinski definition) is 4. The van der Waals surface area contributed by atoms with Crippen molar-refractivity contribution in [3.63, 3.8) is 0 Å². The highest BCUT2D eigenvalue weighted by atomic mass is 35.5. The molecule has 0 aromatic heterocycles. The molecule has 0 aliphatic rings. The van der Waals surface area contributed by atoms with E-state index >= 15 is 0 Å². The van der Waals surface area contributed by atoms with Gasteiger partial charge in [0.25, 0.3) is 0 Å². The Bertz CT molecular complexity index is 418. The van der Waals surface area contributed by atoms with E-state index in [-0.39, 0.29) is 23.8 Å². The molecular weight excluding hydrogens is 246 g/mol. The number of aliphatic hydroxyl groups is 2. The van der Waals surface area contributed by atoms with Crippen molar-refractivity contribution in [3.05, 3.63) is 28.8 Å². The monoisotopic (exact) mass is 259 g/mol. The van der Waals surface area contributed by atoms with Crippen LogP contribution in [0.2, 0.25) is 5.02 Å². The highest BCUT2D eigenvalue weighted by Gasteiger charge is 2.22. The lowest BCUT2D eigenvalue weighted by Crippen LogP contribution is -2.42. The molecule has 0 atom stereocenters. The summed E-state index contributed by atoms with van der Waals surface area (Å²) in [7, 11) is 0. The number of aliphatic hydroxyl groups excluding tert-OH is 2. The average Bonchev–Trinajstić information content (AvgIpc) is 2.28. The zero-order valence-electron chi connectivity index (χ0n) is 9.27. The van der Waals surface area contributed by atoms with Gasteiger partial charge >= 0.3 is 5.97 Å². The molecule has 0 radical (unpaired) electrons. The molecule has 17 heavy (non-hydrogen) atoms. The first kappa shape index (κ1) is 13.8. The summed E-state index contributed by atoms with van der Waals surface area (Å²) >= 11 is 5.79. The lowest BCUT2D eigenvalue weighted by molar-refractivity contribution is 0.0697. The van der Waals surface area contributed by atoms with E-state index in [1.165, 1.54) is 18.2 Å². The minimum absolute atomic E-state index is 0.00640. The highest BCUT2D eigenvalue weighted by Crippen LogP contribution is 2.23. The van der Waals surface area contributed by atoms with Gasteiger partial charge in [0.15, 0.2) is 0 Å². The van der Waals surface area contributed by atoms with Gasteiger partial charge in [-0.15, -0.1) is 0 Å². The van der Waals surface area contributed by atoms with Gasteiger partial charge in [0, 0.05) is 5.69 Å². The van der Waals surface area contributed by atoms with Crippen LogP contribution in [0.1, 0.15) is 17.3 Å². The Balaban J connectivity index is 2.95. The van der Waals surface area contributed by atoms with Crippen LogP contribution < -0.4 is 5.32 Å². The summed E-state index contributed by atoms with van der Waals surface area (Å²) < 4.78 is 0. The van der Waals surface area contributed by atoms with E-state index in [0.717, 1.165) is 0 Å². The lowest BCUT2D eigenvalue weighted by atomic mass is 10.0. The maximum absolute atomic E-state index is 10.7. The number of halogens is 1. The molecule has 0 bridgehead atoms. The topological polar surface area (TPSA) is 89.8 Å². The number of hydrogen-bond acceptors (Lipinski definition) is 4. The highest BCUT2D eigenvalue weighted by molar-refractivity contribution is 6.33. The van der Waals surface area contributed by atoms with E-state index in [2.05, 4.69) is 5.32 Å². The predicted molar refractivity (Wildman–Crippen MR) is 64.6 cm³/mol. The summed E-state index contributed by atoms with van der Waals surface area (Å²) in [4.78, 5) is 10.7. The Morgan fingerprint density at radius 1 is 1.41 bits per heavy atom. The molecule has 1 aromatic carbocycles. The first-order valence-corrected chi connectivity index (χ1v) is 5.32. The van der Waals surface area contributed by atoms with Gasteiger partial charge < -0.3 is 20.6 Å². The minimum Gasteiger partial charge on any atom is -0.478 e. The standard InChI is InChI=1S/C11H14ClNO4/c1-11(5-14,6-15)13-7-2-3-8(10(16)17)9(12)4-7/h2-4,13-15H,5-6H2,1H3,(H,16,17). The van der Waals surface area contributed by atoms with Gasteiger partial charge in [0.2, 0.25) is 0 Å². The summed E-state index contributed by atoms with van der Waals surface area (Å²) in [6, 6.07) is 4.33. The van der Waals surface area contributed by atoms with Gasteiger partial charge in [-0.25, -0.2) is 4.79 Å². The van der Waals surface area contributed by atoms with Crippen molar-refractivity contribution in [2.45, 2.75) is 12.5 Å². The molecule has 0 saturated carbocycles. The molecule has 1 aromatic rings. The second-order valence-corrected chi connectivity index (χ2v) is 4.41. The summed E-state index contributed by atoms with van der Waals surface area (Å²) in [5.74, 6) is -1.10. The number of anilines is 1. The Morgan fingerprint density at radius 3 is 2.41 bits per heavy atom. The molecule has 94 valence electrons. The Hall–Kier alpha value is -1.30. The fraction of sp³-hybridized carbons (Fsp3) is 0.364.